The maximum Gasteiger partial charge on any atom is 0.127 e. The molecule has 3 aromatic heterocycles. The van der Waals surface area contributed by atoms with Gasteiger partial charge in [-0.2, -0.15) is 0 Å². The van der Waals surface area contributed by atoms with Crippen molar-refractivity contribution >= 4 is 86.8 Å². The van der Waals surface area contributed by atoms with Crippen molar-refractivity contribution in [3.63, 3.8) is 0 Å². The summed E-state index contributed by atoms with van der Waals surface area (Å²) in [5.74, 6) is 0. The van der Waals surface area contributed by atoms with E-state index in [-0.39, 0.29) is 29.2 Å². The molecule has 0 saturated heterocycles. The molecule has 2 aliphatic heterocycles. The zero-order valence-electron chi connectivity index (χ0n) is 22.8. The van der Waals surface area contributed by atoms with Crippen LogP contribution in [0.3, 0.4) is 0 Å². The van der Waals surface area contributed by atoms with Gasteiger partial charge in [-0.25, -0.2) is 43.6 Å². The summed E-state index contributed by atoms with van der Waals surface area (Å²) in [7, 11) is -23.8. The molecule has 0 atom stereocenters. The van der Waals surface area contributed by atoms with Crippen LogP contribution in [0.1, 0.15) is 22.8 Å². The molecule has 6 rings (SSSR count). The third kappa shape index (κ3) is 8.47. The fourth-order valence-electron chi connectivity index (χ4n) is 4.34. The van der Waals surface area contributed by atoms with Gasteiger partial charge in [-0.1, -0.05) is 0 Å². The molecule has 1 radical (unpaired) electrons. The number of nitrogens with zero attached hydrogens (tertiary/aromatic N) is 2. The molecule has 4 aromatic rings. The number of hydrogen-bond donors (Lipinski definition) is 2. The van der Waals surface area contributed by atoms with Crippen molar-refractivity contribution < 1.29 is 69.0 Å². The normalized spacial score (nSPS) is 13.0. The van der Waals surface area contributed by atoms with Crippen LogP contribution in [0.15, 0.2) is 80.2 Å². The van der Waals surface area contributed by atoms with Crippen molar-refractivity contribution in [3.8, 4) is 0 Å². The molecule has 16 nitrogen and oxygen atoms in total. The fraction of sp³-hybridized carbons (Fsp3) is 0. The van der Waals surface area contributed by atoms with Crippen LogP contribution in [0, 0.1) is 0 Å². The number of fused-ring (bicyclic) bond motifs is 8. The average Bonchev–Trinajstić information content (AvgIpc) is 3.73. The minimum atomic E-state index is -6.12. The third-order valence-corrected chi connectivity index (χ3v) is 10.1. The number of H-pyrrole nitrogens is 2. The van der Waals surface area contributed by atoms with Crippen molar-refractivity contribution in [1.82, 2.24) is 19.9 Å². The van der Waals surface area contributed by atoms with E-state index in [1.165, 1.54) is 0 Å². The van der Waals surface area contributed by atoms with E-state index in [1.807, 2.05) is 42.5 Å². The van der Waals surface area contributed by atoms with Crippen molar-refractivity contribution in [2.45, 2.75) is 19.6 Å². The summed E-state index contributed by atoms with van der Waals surface area (Å²) >= 11 is 0. The Bertz CT molecular complexity index is 2420. The summed E-state index contributed by atoms with van der Waals surface area (Å²) in [5, 5.41) is 0. The molecule has 2 N–H and O–H groups in total. The number of aromatic nitrogens is 4. The molecule has 0 unspecified atom stereocenters. The van der Waals surface area contributed by atoms with E-state index in [1.54, 1.807) is 0 Å². The molecule has 0 saturated carbocycles. The van der Waals surface area contributed by atoms with E-state index < -0.39 is 60.1 Å². The monoisotopic (exact) mass is 767 g/mol. The van der Waals surface area contributed by atoms with Gasteiger partial charge in [0.15, 0.2) is 0 Å². The van der Waals surface area contributed by atoms with Crippen LogP contribution in [0.5, 0.6) is 0 Å². The molecule has 1 aromatic carbocycles. The number of nitrogens with one attached hydrogen (secondary N) is 2. The van der Waals surface area contributed by atoms with Crippen LogP contribution in [-0.4, -0.2) is 71.8 Å². The number of aromatic amines is 2. The molecular weight excluding hydrogens is 752 g/mol. The van der Waals surface area contributed by atoms with Gasteiger partial charge in [-0.05, 0) is 85.0 Å². The van der Waals surface area contributed by atoms with E-state index in [4.69, 9.17) is 0 Å². The summed E-state index contributed by atoms with van der Waals surface area (Å²) in [6.07, 6.45) is 8.05. The van der Waals surface area contributed by atoms with Crippen molar-refractivity contribution in [2.24, 2.45) is 0 Å². The zero-order valence-corrected chi connectivity index (χ0v) is 27.0. The van der Waals surface area contributed by atoms with E-state index in [9.17, 15) is 51.9 Å². The summed E-state index contributed by atoms with van der Waals surface area (Å²) in [4.78, 5) is 7.27. The van der Waals surface area contributed by atoms with Gasteiger partial charge < -0.3 is 28.2 Å². The van der Waals surface area contributed by atoms with Crippen LogP contribution in [-0.2, 0) is 57.5 Å². The van der Waals surface area contributed by atoms with Crippen molar-refractivity contribution in [1.29, 1.82) is 0 Å². The quantitative estimate of drug-likeness (QED) is 0.192. The van der Waals surface area contributed by atoms with Crippen LogP contribution in [0.2, 0.25) is 0 Å². The van der Waals surface area contributed by atoms with Gasteiger partial charge in [-0.3, -0.25) is 0 Å². The SMILES string of the molecule is C1=Cc2cc3ccc(cc4ccc(cc5nc(cc1n2)C=C5)[nH]4)[nH]3.O=S(=O)([O-])c1ccc(S(=O)(=O)[O-])c(S(=O)(=O)[O-])c1S(=O)(=O)[O-].[Cu]. The van der Waals surface area contributed by atoms with E-state index in [0.717, 1.165) is 44.8 Å². The van der Waals surface area contributed by atoms with Gasteiger partial charge >= 0.3 is 0 Å². The van der Waals surface area contributed by atoms with Gasteiger partial charge in [0.1, 0.15) is 40.5 Å². The Balaban J connectivity index is 0.000000210. The Morgan fingerprint density at radius 2 is 0.723 bits per heavy atom. The summed E-state index contributed by atoms with van der Waals surface area (Å²) in [6.45, 7) is 0. The molecule has 0 spiro atoms. The van der Waals surface area contributed by atoms with Crippen LogP contribution >= 0.6 is 0 Å². The van der Waals surface area contributed by atoms with E-state index in [0.29, 0.717) is 0 Å². The second-order valence-corrected chi connectivity index (χ2v) is 14.8. The molecule has 5 heterocycles. The molecule has 0 aliphatic carbocycles. The van der Waals surface area contributed by atoms with Crippen LogP contribution in [0.25, 0.3) is 46.4 Å². The third-order valence-electron chi connectivity index (χ3n) is 6.12. The smallest absolute Gasteiger partial charge is 0.127 e. The first-order valence-corrected chi connectivity index (χ1v) is 18.0. The Morgan fingerprint density at radius 1 is 0.426 bits per heavy atom. The summed E-state index contributed by atoms with van der Waals surface area (Å²) < 4.78 is 131. The zero-order chi connectivity index (χ0) is 33.7. The standard InChI is InChI=1S/C20H14N4.C6H6O12S4.Cu/c1-2-14-10-16-5-6-18(23-16)12-20-8-7-19(24-20)11-17-4-3-15(22-17)9-13(1)21-14;7-19(8,9)3-1-2-4(20(10,11)12)6(22(16,17)18)5(3)21(13,14)15;/h1-12,21-22H;1-2H,(H,7,8,9)(H,10,11,12)(H,13,14,15)(H,16,17,18);/p-4. The first-order valence-electron chi connectivity index (χ1n) is 12.3. The molecule has 0 fully saturated rings. The van der Waals surface area contributed by atoms with Gasteiger partial charge in [0, 0.05) is 39.1 Å². The average molecular weight is 768 g/mol. The maximum absolute atomic E-state index is 11.0. The maximum atomic E-state index is 11.0. The Hall–Kier alpha value is -4.02. The summed E-state index contributed by atoms with van der Waals surface area (Å²) in [6, 6.07) is 16.3. The second-order valence-electron chi connectivity index (χ2n) is 9.44. The minimum Gasteiger partial charge on any atom is -0.744 e. The van der Waals surface area contributed by atoms with E-state index >= 15 is 0 Å². The molecule has 21 heteroatoms. The predicted octanol–water partition coefficient (Wildman–Crippen LogP) is 1.96. The second kappa shape index (κ2) is 12.9. The van der Waals surface area contributed by atoms with Gasteiger partial charge in [0.05, 0.1) is 42.4 Å². The van der Waals surface area contributed by atoms with Gasteiger partial charge in [0.2, 0.25) is 0 Å². The molecule has 47 heavy (non-hydrogen) atoms. The topological polar surface area (TPSA) is 286 Å². The minimum absolute atomic E-state index is 0. The number of rotatable bonds is 4. The number of benzene rings is 1. The van der Waals surface area contributed by atoms with Crippen molar-refractivity contribution in [3.05, 3.63) is 83.4 Å². The van der Waals surface area contributed by atoms with E-state index in [2.05, 4.69) is 50.3 Å². The summed E-state index contributed by atoms with van der Waals surface area (Å²) in [5.41, 5.74) is 7.86. The van der Waals surface area contributed by atoms with Gasteiger partial charge in [0.25, 0.3) is 0 Å². The van der Waals surface area contributed by atoms with Crippen LogP contribution < -0.4 is 0 Å². The Labute approximate surface area is 277 Å². The fourth-order valence-corrected chi connectivity index (χ4v) is 8.73. The Kier molecular flexibility index (Phi) is 9.82. The molecule has 0 amide bonds. The molecule has 251 valence electrons. The van der Waals surface area contributed by atoms with Gasteiger partial charge in [-0.15, -0.1) is 0 Å². The first kappa shape index (κ1) is 35.8. The first-order chi connectivity index (χ1) is 21.3. The van der Waals surface area contributed by atoms with Crippen molar-refractivity contribution in [2.75, 3.05) is 0 Å². The Morgan fingerprint density at radius 3 is 1.02 bits per heavy atom. The predicted molar refractivity (Wildman–Crippen MR) is 157 cm³/mol. The van der Waals surface area contributed by atoms with Crippen LogP contribution in [0.4, 0.5) is 0 Å². The largest absolute Gasteiger partial charge is 0.744 e. The number of hydrogen-bond acceptors (Lipinski definition) is 14. The molecular formula is C26H16CuN4O12S4-4. The molecule has 8 bridgehead atoms. The molecule has 2 aliphatic rings.